The van der Waals surface area contributed by atoms with Crippen LogP contribution in [0.4, 0.5) is 0 Å². The Morgan fingerprint density at radius 2 is 1.64 bits per heavy atom. The van der Waals surface area contributed by atoms with Gasteiger partial charge < -0.3 is 10.4 Å². The van der Waals surface area contributed by atoms with Gasteiger partial charge >= 0.3 is 0 Å². The smallest absolute Gasteiger partial charge is 0.0695 e. The number of hydrogen-bond acceptors (Lipinski definition) is 3. The van der Waals surface area contributed by atoms with E-state index in [-0.39, 0.29) is 6.10 Å². The third-order valence-corrected chi connectivity index (χ3v) is 6.64. The Labute approximate surface area is 152 Å². The molecular weight excluding hydrogens is 308 g/mol. The molecule has 2 N–H and O–H groups in total. The molecule has 0 amide bonds. The van der Waals surface area contributed by atoms with Crippen molar-refractivity contribution in [1.29, 1.82) is 0 Å². The predicted octanol–water partition coefficient (Wildman–Crippen LogP) is 3.80. The van der Waals surface area contributed by atoms with E-state index in [1.165, 1.54) is 56.1 Å². The largest absolute Gasteiger partial charge is 0.391 e. The van der Waals surface area contributed by atoms with E-state index in [4.69, 9.17) is 0 Å². The molecule has 0 radical (unpaired) electrons. The van der Waals surface area contributed by atoms with Gasteiger partial charge in [-0.15, -0.1) is 0 Å². The van der Waals surface area contributed by atoms with Gasteiger partial charge in [-0.25, -0.2) is 0 Å². The van der Waals surface area contributed by atoms with Crippen LogP contribution in [0.2, 0.25) is 0 Å². The summed E-state index contributed by atoms with van der Waals surface area (Å²) in [5, 5.41) is 14.3. The van der Waals surface area contributed by atoms with Crippen molar-refractivity contribution in [2.75, 3.05) is 13.1 Å². The Balaban J connectivity index is 1.33. The zero-order valence-electron chi connectivity index (χ0n) is 15.7. The third kappa shape index (κ3) is 4.27. The van der Waals surface area contributed by atoms with E-state index in [2.05, 4.69) is 41.4 Å². The van der Waals surface area contributed by atoms with E-state index in [1.54, 1.807) is 0 Å². The van der Waals surface area contributed by atoms with Gasteiger partial charge in [-0.2, -0.15) is 0 Å². The van der Waals surface area contributed by atoms with Gasteiger partial charge in [0.15, 0.2) is 0 Å². The zero-order valence-corrected chi connectivity index (χ0v) is 15.7. The summed E-state index contributed by atoms with van der Waals surface area (Å²) in [6.45, 7) is 4.45. The van der Waals surface area contributed by atoms with E-state index >= 15 is 0 Å². The van der Waals surface area contributed by atoms with Crippen LogP contribution in [0.5, 0.6) is 0 Å². The van der Waals surface area contributed by atoms with Gasteiger partial charge in [0.25, 0.3) is 0 Å². The average molecular weight is 343 g/mol. The molecule has 138 valence electrons. The minimum absolute atomic E-state index is 0.0926. The number of aliphatic hydroxyl groups excluding tert-OH is 1. The van der Waals surface area contributed by atoms with Crippen molar-refractivity contribution in [3.8, 4) is 0 Å². The topological polar surface area (TPSA) is 35.5 Å². The molecule has 1 saturated heterocycles. The Bertz CT molecular complexity index is 546. The number of benzene rings is 1. The summed E-state index contributed by atoms with van der Waals surface area (Å²) < 4.78 is 0. The summed E-state index contributed by atoms with van der Waals surface area (Å²) in [6.07, 6.45) is 9.78. The molecule has 2 saturated carbocycles. The first-order chi connectivity index (χ1) is 12.2. The molecule has 3 atom stereocenters. The van der Waals surface area contributed by atoms with Gasteiger partial charge in [-0.05, 0) is 56.9 Å². The van der Waals surface area contributed by atoms with Crippen LogP contribution in [-0.4, -0.2) is 41.3 Å². The average Bonchev–Trinajstić information content (AvgIpc) is 3.47. The molecule has 4 rings (SSSR count). The summed E-state index contributed by atoms with van der Waals surface area (Å²) in [5.74, 6) is 0.834. The van der Waals surface area contributed by atoms with Crippen molar-refractivity contribution >= 4 is 0 Å². The van der Waals surface area contributed by atoms with Crippen LogP contribution < -0.4 is 5.32 Å². The second-order valence-corrected chi connectivity index (χ2v) is 8.62. The first kappa shape index (κ1) is 17.5. The fourth-order valence-corrected chi connectivity index (χ4v) is 4.88. The molecule has 3 nitrogen and oxygen atoms in total. The lowest BCUT2D eigenvalue weighted by Gasteiger charge is -2.42. The van der Waals surface area contributed by atoms with Crippen molar-refractivity contribution < 1.29 is 5.11 Å². The Morgan fingerprint density at radius 1 is 0.960 bits per heavy atom. The maximum absolute atomic E-state index is 10.3. The molecule has 1 aromatic carbocycles. The van der Waals surface area contributed by atoms with Crippen LogP contribution in [0.15, 0.2) is 24.3 Å². The molecule has 3 heteroatoms. The molecule has 1 aliphatic heterocycles. The molecular formula is C22H34N2O. The second-order valence-electron chi connectivity index (χ2n) is 8.62. The minimum Gasteiger partial charge on any atom is -0.391 e. The summed E-state index contributed by atoms with van der Waals surface area (Å²) in [6, 6.07) is 10.7. The van der Waals surface area contributed by atoms with Gasteiger partial charge in [0.2, 0.25) is 0 Å². The normalized spacial score (nSPS) is 30.3. The molecule has 0 aromatic heterocycles. The fourth-order valence-electron chi connectivity index (χ4n) is 4.88. The van der Waals surface area contributed by atoms with Gasteiger partial charge in [-0.1, -0.05) is 42.7 Å². The lowest BCUT2D eigenvalue weighted by atomic mass is 9.89. The Hall–Kier alpha value is -0.900. The van der Waals surface area contributed by atoms with Crippen molar-refractivity contribution in [2.45, 2.75) is 82.5 Å². The molecule has 3 unspecified atom stereocenters. The second kappa shape index (κ2) is 7.77. The molecule has 1 heterocycles. The third-order valence-electron chi connectivity index (χ3n) is 6.64. The number of hydrogen-bond donors (Lipinski definition) is 2. The highest BCUT2D eigenvalue weighted by Gasteiger charge is 2.36. The van der Waals surface area contributed by atoms with E-state index in [1.807, 2.05) is 0 Å². The van der Waals surface area contributed by atoms with Gasteiger partial charge in [0.05, 0.1) is 6.10 Å². The molecule has 3 fully saturated rings. The fraction of sp³-hybridized carbons (Fsp3) is 0.727. The minimum atomic E-state index is -0.0926. The molecule has 25 heavy (non-hydrogen) atoms. The summed E-state index contributed by atoms with van der Waals surface area (Å²) in [7, 11) is 0. The summed E-state index contributed by atoms with van der Waals surface area (Å²) in [4.78, 5) is 2.57. The zero-order chi connectivity index (χ0) is 17.2. The lowest BCUT2D eigenvalue weighted by Crippen LogP contribution is -2.52. The highest BCUT2D eigenvalue weighted by atomic mass is 16.3. The first-order valence-corrected chi connectivity index (χ1v) is 10.5. The van der Waals surface area contributed by atoms with E-state index in [0.717, 1.165) is 25.4 Å². The summed E-state index contributed by atoms with van der Waals surface area (Å²) in [5.41, 5.74) is 2.82. The monoisotopic (exact) mass is 342 g/mol. The Kier molecular flexibility index (Phi) is 5.44. The van der Waals surface area contributed by atoms with Crippen molar-refractivity contribution in [3.05, 3.63) is 35.4 Å². The standard InChI is InChI=1S/C22H34N2O/c1-16-6-8-17(9-7-16)22(18-10-11-18)23-19-12-14-24(15-13-19)20-4-2-3-5-21(20)25/h6-9,18-23,25H,2-5,10-15H2,1H3. The molecule has 0 bridgehead atoms. The highest BCUT2D eigenvalue weighted by Crippen LogP contribution is 2.41. The number of aliphatic hydroxyl groups is 1. The van der Waals surface area contributed by atoms with Gasteiger partial charge in [0.1, 0.15) is 0 Å². The molecule has 2 aliphatic carbocycles. The lowest BCUT2D eigenvalue weighted by molar-refractivity contribution is 0.00644. The summed E-state index contributed by atoms with van der Waals surface area (Å²) >= 11 is 0. The van der Waals surface area contributed by atoms with Crippen LogP contribution in [0.25, 0.3) is 0 Å². The Morgan fingerprint density at radius 3 is 2.28 bits per heavy atom. The maximum atomic E-state index is 10.3. The molecule has 0 spiro atoms. The van der Waals surface area contributed by atoms with Crippen LogP contribution in [0, 0.1) is 12.8 Å². The SMILES string of the molecule is Cc1ccc(C(NC2CCN(C3CCCCC3O)CC2)C2CC2)cc1. The van der Waals surface area contributed by atoms with Crippen molar-refractivity contribution in [3.63, 3.8) is 0 Å². The van der Waals surface area contributed by atoms with Crippen LogP contribution in [-0.2, 0) is 0 Å². The number of nitrogens with zero attached hydrogens (tertiary/aromatic N) is 1. The molecule has 1 aromatic rings. The van der Waals surface area contributed by atoms with Crippen molar-refractivity contribution in [2.24, 2.45) is 5.92 Å². The van der Waals surface area contributed by atoms with Crippen LogP contribution in [0.1, 0.15) is 68.5 Å². The van der Waals surface area contributed by atoms with E-state index < -0.39 is 0 Å². The van der Waals surface area contributed by atoms with E-state index in [9.17, 15) is 5.11 Å². The first-order valence-electron chi connectivity index (χ1n) is 10.5. The number of aryl methyl sites for hydroxylation is 1. The number of likely N-dealkylation sites (tertiary alicyclic amines) is 1. The number of rotatable bonds is 5. The van der Waals surface area contributed by atoms with E-state index in [0.29, 0.717) is 18.1 Å². The molecule has 3 aliphatic rings. The van der Waals surface area contributed by atoms with Crippen molar-refractivity contribution in [1.82, 2.24) is 10.2 Å². The number of nitrogens with one attached hydrogen (secondary N) is 1. The maximum Gasteiger partial charge on any atom is 0.0695 e. The number of piperidine rings is 1. The quantitative estimate of drug-likeness (QED) is 0.854. The van der Waals surface area contributed by atoms with Crippen LogP contribution >= 0.6 is 0 Å². The van der Waals surface area contributed by atoms with Crippen LogP contribution in [0.3, 0.4) is 0 Å². The predicted molar refractivity (Wildman–Crippen MR) is 103 cm³/mol. The van der Waals surface area contributed by atoms with Gasteiger partial charge in [-0.3, -0.25) is 4.90 Å². The highest BCUT2D eigenvalue weighted by molar-refractivity contribution is 5.25. The van der Waals surface area contributed by atoms with Gasteiger partial charge in [0, 0.05) is 31.2 Å².